The van der Waals surface area contributed by atoms with Crippen molar-refractivity contribution in [1.29, 1.82) is 0 Å². The maximum absolute atomic E-state index is 5.37. The van der Waals surface area contributed by atoms with Gasteiger partial charge in [0.2, 0.25) is 0 Å². The van der Waals surface area contributed by atoms with Crippen LogP contribution in [0, 0.1) is 48.5 Å². The summed E-state index contributed by atoms with van der Waals surface area (Å²) in [5.74, 6) is 3.59. The van der Waals surface area contributed by atoms with E-state index in [4.69, 9.17) is 15.3 Å². The number of hydrogen-bond donors (Lipinski definition) is 1. The second-order valence-electron chi connectivity index (χ2n) is 31.1. The van der Waals surface area contributed by atoms with Gasteiger partial charge in [0.05, 0.1) is 22.8 Å². The molecule has 1 N–H and O–H groups in total. The first kappa shape index (κ1) is 99.9. The Hall–Kier alpha value is -9.33. The van der Waals surface area contributed by atoms with Crippen molar-refractivity contribution in [2.45, 2.75) is 197 Å². The zero-order valence-electron chi connectivity index (χ0n) is 72.4. The van der Waals surface area contributed by atoms with Gasteiger partial charge in [0, 0.05) is 37.2 Å². The van der Waals surface area contributed by atoms with Crippen LogP contribution in [0.4, 0.5) is 22.7 Å². The van der Waals surface area contributed by atoms with Gasteiger partial charge in [-0.3, -0.25) is 9.98 Å². The van der Waals surface area contributed by atoms with Gasteiger partial charge in [0.15, 0.2) is 0 Å². The molecule has 0 saturated heterocycles. The fourth-order valence-corrected chi connectivity index (χ4v) is 12.5. The van der Waals surface area contributed by atoms with Crippen LogP contribution in [0.3, 0.4) is 0 Å². The fraction of sp³-hybridized carbons (Fsp3) is 0.275. The number of anilines is 1. The summed E-state index contributed by atoms with van der Waals surface area (Å²) in [6.07, 6.45) is 11.1. The van der Waals surface area contributed by atoms with E-state index in [1.165, 1.54) is 67.3 Å². The van der Waals surface area contributed by atoms with Gasteiger partial charge in [-0.2, -0.15) is 172 Å². The molecule has 0 aromatic heterocycles. The van der Waals surface area contributed by atoms with E-state index in [0.29, 0.717) is 47.3 Å². The molecule has 0 aliphatic heterocycles. The Balaban J connectivity index is 0.000000372. The maximum atomic E-state index is 5.37. The molecule has 6 heteroatoms. The van der Waals surface area contributed by atoms with Crippen molar-refractivity contribution in [3.63, 3.8) is 0 Å². The Labute approximate surface area is 737 Å². The van der Waals surface area contributed by atoms with E-state index in [9.17, 15) is 0 Å². The molecule has 0 amide bonds. The van der Waals surface area contributed by atoms with E-state index in [0.717, 1.165) is 100 Å². The first-order valence-electron chi connectivity index (χ1n) is 40.8. The Kier molecular flexibility index (Phi) is 48.0. The first-order valence-corrected chi connectivity index (χ1v) is 40.8. The summed E-state index contributed by atoms with van der Waals surface area (Å²) in [5.41, 5.74) is 27.6. The number of nitrogens with one attached hydrogen (secondary N) is 1. The predicted octanol–water partition coefficient (Wildman–Crippen LogP) is 32.5. The standard InChI is InChI=1S/C30H42N2.C30H41N2.7C7H7.2Hf/c2*1-19(2)23-13-11-14-24(20(3)4)29(23)31-27-17-9-10-18-28(27)32-30-25(21(5)6)15-12-16-26(30)22(7)8;7*1-7-5-3-2-4-6-7;;/h11-17,19-22,31H,9-10,18H2,1-8H3;11-17,19-22H,9-10,18H2,1-8H3;7*2-6H,1H2;;/q;8*-1;;+4. The SMILES string of the molecule is CC(C)c1cccc(C(C)C)c1N=C1CCCC=C1Nc1c(C(C)C)cccc1C(C)C.CC(C)c1cccc(C(C)C)c1N=C1CCCC=C1[N-]c1c(C(C)C)cccc1C(C)C.[CH2-]c1ccccc1.[CH2-]c1ccccc1.[CH2-]c1ccccc1.[CH2-]c1ccccc1.[CH2-]c1ccccc1.[CH2-]c1ccccc1.[CH2-]c1ccccc1.[Hf+4].[Hf]. The van der Waals surface area contributed by atoms with Crippen molar-refractivity contribution in [2.24, 2.45) is 9.98 Å². The van der Waals surface area contributed by atoms with Gasteiger partial charge < -0.3 is 10.6 Å². The predicted molar refractivity (Wildman–Crippen MR) is 499 cm³/mol. The molecule has 0 radical (unpaired) electrons. The number of nitrogens with zero attached hydrogens (tertiary/aromatic N) is 3. The molecule has 2 aliphatic rings. The van der Waals surface area contributed by atoms with Gasteiger partial charge in [-0.15, -0.1) is 96.3 Å². The van der Waals surface area contributed by atoms with Crippen LogP contribution in [-0.2, 0) is 51.7 Å². The van der Waals surface area contributed by atoms with Crippen LogP contribution in [0.5, 0.6) is 0 Å². The van der Waals surface area contributed by atoms with Crippen molar-refractivity contribution >= 4 is 34.2 Å². The molecule has 115 heavy (non-hydrogen) atoms. The second kappa shape index (κ2) is 55.3. The third-order valence-electron chi connectivity index (χ3n) is 18.8. The molecule has 600 valence electrons. The minimum absolute atomic E-state index is 0. The van der Waals surface area contributed by atoms with E-state index in [2.05, 4.69) is 250 Å². The van der Waals surface area contributed by atoms with Crippen LogP contribution in [0.1, 0.15) is 280 Å². The molecule has 0 fully saturated rings. The summed E-state index contributed by atoms with van der Waals surface area (Å²) in [6, 6.07) is 95.9. The molecule has 13 rings (SSSR count). The molecular formula is C109H132Hf2N4-4. The largest absolute Gasteiger partial charge is 4.00 e. The molecule has 0 saturated carbocycles. The zero-order valence-corrected chi connectivity index (χ0v) is 79.6. The van der Waals surface area contributed by atoms with Gasteiger partial charge in [0.25, 0.3) is 0 Å². The Bertz CT molecular complexity index is 3920. The topological polar surface area (TPSA) is 50.9 Å². The van der Waals surface area contributed by atoms with Crippen LogP contribution in [-0.4, -0.2) is 11.4 Å². The Morgan fingerprint density at radius 1 is 0.270 bits per heavy atom. The quantitative estimate of drug-likeness (QED) is 0.0856. The number of rotatable bonds is 14. The van der Waals surface area contributed by atoms with Crippen LogP contribution >= 0.6 is 0 Å². The van der Waals surface area contributed by atoms with Crippen LogP contribution in [0.15, 0.2) is 319 Å². The van der Waals surface area contributed by atoms with E-state index < -0.39 is 0 Å². The third kappa shape index (κ3) is 37.0. The Morgan fingerprint density at radius 2 is 0.487 bits per heavy atom. The first-order chi connectivity index (χ1) is 54.2. The second-order valence-corrected chi connectivity index (χ2v) is 31.1. The summed E-state index contributed by atoms with van der Waals surface area (Å²) < 4.78 is 0. The van der Waals surface area contributed by atoms with Crippen LogP contribution in [0.2, 0.25) is 0 Å². The summed E-state index contributed by atoms with van der Waals surface area (Å²) in [6.45, 7) is 62.3. The molecule has 2 aliphatic carbocycles. The normalized spacial score (nSPS) is 12.5. The molecule has 0 bridgehead atoms. The summed E-state index contributed by atoms with van der Waals surface area (Å²) >= 11 is 0. The monoisotopic (exact) mass is 1860 g/mol. The minimum Gasteiger partial charge on any atom is -0.656 e. The van der Waals surface area contributed by atoms with Crippen molar-refractivity contribution in [3.05, 3.63) is 446 Å². The maximum Gasteiger partial charge on any atom is 4.00 e. The van der Waals surface area contributed by atoms with E-state index in [1.807, 2.05) is 212 Å². The van der Waals surface area contributed by atoms with Gasteiger partial charge in [-0.25, -0.2) is 0 Å². The molecule has 0 atom stereocenters. The molecular weight excluding hydrogens is 1720 g/mol. The van der Waals surface area contributed by atoms with Crippen molar-refractivity contribution in [1.82, 2.24) is 0 Å². The van der Waals surface area contributed by atoms with E-state index in [-0.39, 0.29) is 51.7 Å². The van der Waals surface area contributed by atoms with Crippen molar-refractivity contribution < 1.29 is 51.7 Å². The van der Waals surface area contributed by atoms with Gasteiger partial charge in [0.1, 0.15) is 0 Å². The molecule has 11 aromatic carbocycles. The summed E-state index contributed by atoms with van der Waals surface area (Å²) in [4.78, 5) is 10.7. The minimum atomic E-state index is 0. The van der Waals surface area contributed by atoms with Crippen molar-refractivity contribution in [3.8, 4) is 0 Å². The third-order valence-corrected chi connectivity index (χ3v) is 18.8. The van der Waals surface area contributed by atoms with E-state index in [1.54, 1.807) is 0 Å². The van der Waals surface area contributed by atoms with Crippen molar-refractivity contribution in [2.75, 3.05) is 5.32 Å². The van der Waals surface area contributed by atoms with Crippen LogP contribution < -0.4 is 5.32 Å². The summed E-state index contributed by atoms with van der Waals surface area (Å²) in [5, 5.41) is 9.20. The van der Waals surface area contributed by atoms with Gasteiger partial charge >= 0.3 is 25.8 Å². The fourth-order valence-electron chi connectivity index (χ4n) is 12.5. The van der Waals surface area contributed by atoms with E-state index >= 15 is 0 Å². The molecule has 0 unspecified atom stereocenters. The number of allylic oxidation sites excluding steroid dienone is 4. The Morgan fingerprint density at radius 3 is 0.722 bits per heavy atom. The van der Waals surface area contributed by atoms with Crippen LogP contribution in [0.25, 0.3) is 5.32 Å². The smallest absolute Gasteiger partial charge is 0.656 e. The molecule has 11 aromatic rings. The zero-order chi connectivity index (χ0) is 82.6. The number of benzene rings is 11. The van der Waals surface area contributed by atoms with Gasteiger partial charge in [-0.1, -0.05) is 249 Å². The summed E-state index contributed by atoms with van der Waals surface area (Å²) in [7, 11) is 0. The molecule has 0 heterocycles. The average Bonchev–Trinajstić information content (AvgIpc) is 0.805. The average molecular weight is 1860 g/mol. The number of para-hydroxylation sites is 4. The molecule has 4 nitrogen and oxygen atoms in total. The number of hydrogen-bond acceptors (Lipinski definition) is 3. The number of aliphatic imine (C=N–C) groups is 2. The molecule has 0 spiro atoms. The van der Waals surface area contributed by atoms with Gasteiger partial charge in [-0.05, 0) is 119 Å².